The Bertz CT molecular complexity index is 985. The molecule has 1 aliphatic carbocycles. The highest BCUT2D eigenvalue weighted by atomic mass is 19.1. The van der Waals surface area contributed by atoms with Crippen LogP contribution in [-0.2, 0) is 9.47 Å². The molecule has 4 unspecified atom stereocenters. The second kappa shape index (κ2) is 7.40. The topological polar surface area (TPSA) is 73.9 Å². The van der Waals surface area contributed by atoms with E-state index in [0.717, 1.165) is 5.56 Å². The number of alkyl halides is 1. The minimum absolute atomic E-state index is 0.0980. The molecular weight excluding hydrogens is 389 g/mol. The van der Waals surface area contributed by atoms with Gasteiger partial charge in [0.2, 0.25) is 0 Å². The summed E-state index contributed by atoms with van der Waals surface area (Å²) in [6.07, 6.45) is -0.774. The van der Waals surface area contributed by atoms with Gasteiger partial charge in [-0.1, -0.05) is 30.3 Å². The van der Waals surface area contributed by atoms with E-state index in [2.05, 4.69) is 5.32 Å². The summed E-state index contributed by atoms with van der Waals surface area (Å²) in [6.45, 7) is 0.604. The van der Waals surface area contributed by atoms with Crippen molar-refractivity contribution in [2.24, 2.45) is 11.8 Å². The summed E-state index contributed by atoms with van der Waals surface area (Å²) in [4.78, 5) is 25.4. The Balaban J connectivity index is 1.54. The summed E-state index contributed by atoms with van der Waals surface area (Å²) < 4.78 is 30.0. The molecule has 2 aliphatic heterocycles. The molecule has 1 amide bonds. The Hall–Kier alpha value is -2.93. The van der Waals surface area contributed by atoms with Gasteiger partial charge in [0.05, 0.1) is 26.2 Å². The molecule has 2 heterocycles. The van der Waals surface area contributed by atoms with Crippen molar-refractivity contribution in [1.82, 2.24) is 5.32 Å². The van der Waals surface area contributed by atoms with Crippen LogP contribution in [0, 0.1) is 11.8 Å². The molecule has 4 atom stereocenters. The number of benzene rings is 2. The molecule has 3 aliphatic rings. The fraction of sp³-hybridized carbons (Fsp3) is 0.391. The van der Waals surface area contributed by atoms with Crippen LogP contribution in [0.4, 0.5) is 4.39 Å². The van der Waals surface area contributed by atoms with Gasteiger partial charge in [0.1, 0.15) is 24.1 Å². The first-order valence-corrected chi connectivity index (χ1v) is 10.0. The van der Waals surface area contributed by atoms with Crippen molar-refractivity contribution in [1.29, 1.82) is 0 Å². The molecule has 0 spiro atoms. The van der Waals surface area contributed by atoms with Crippen molar-refractivity contribution < 1.29 is 28.2 Å². The van der Waals surface area contributed by atoms with Crippen LogP contribution < -0.4 is 10.1 Å². The van der Waals surface area contributed by atoms with Gasteiger partial charge in [0, 0.05) is 29.0 Å². The van der Waals surface area contributed by atoms with E-state index in [4.69, 9.17) is 14.2 Å². The second-order valence-corrected chi connectivity index (χ2v) is 8.00. The summed E-state index contributed by atoms with van der Waals surface area (Å²) in [5.41, 5.74) is 1.96. The monoisotopic (exact) mass is 411 g/mol. The predicted octanol–water partition coefficient (Wildman–Crippen LogP) is 2.71. The smallest absolute Gasteiger partial charge is 0.341 e. The van der Waals surface area contributed by atoms with Crippen molar-refractivity contribution in [3.05, 3.63) is 64.7 Å². The van der Waals surface area contributed by atoms with E-state index in [1.165, 1.54) is 13.2 Å². The van der Waals surface area contributed by atoms with Crippen LogP contribution in [0.2, 0.25) is 0 Å². The molecule has 5 rings (SSSR count). The minimum atomic E-state index is -0.774. The molecule has 2 aromatic carbocycles. The molecule has 0 aromatic heterocycles. The highest BCUT2D eigenvalue weighted by molar-refractivity contribution is 6.00. The van der Waals surface area contributed by atoms with Crippen molar-refractivity contribution in [2.45, 2.75) is 18.1 Å². The van der Waals surface area contributed by atoms with Gasteiger partial charge in [-0.15, -0.1) is 0 Å². The molecule has 1 saturated carbocycles. The molecule has 30 heavy (non-hydrogen) atoms. The number of methoxy groups -OCH3 is 1. The van der Waals surface area contributed by atoms with Gasteiger partial charge in [-0.2, -0.15) is 0 Å². The number of carbonyl (C=O) groups is 2. The molecule has 7 heteroatoms. The van der Waals surface area contributed by atoms with E-state index in [1.54, 1.807) is 6.07 Å². The van der Waals surface area contributed by atoms with Crippen LogP contribution in [-0.4, -0.2) is 51.0 Å². The first-order chi connectivity index (χ1) is 14.6. The Morgan fingerprint density at radius 1 is 1.17 bits per heavy atom. The summed E-state index contributed by atoms with van der Waals surface area (Å²) in [7, 11) is 1.27. The molecular formula is C23H22FNO5. The maximum Gasteiger partial charge on any atom is 0.341 e. The van der Waals surface area contributed by atoms with Crippen molar-refractivity contribution in [3.63, 3.8) is 0 Å². The number of fused-ring (bicyclic) bond motifs is 2. The number of amides is 1. The third-order valence-corrected chi connectivity index (χ3v) is 6.32. The highest BCUT2D eigenvalue weighted by Gasteiger charge is 2.54. The van der Waals surface area contributed by atoms with Crippen molar-refractivity contribution in [3.8, 4) is 5.75 Å². The van der Waals surface area contributed by atoms with Crippen LogP contribution in [0.5, 0.6) is 5.75 Å². The third kappa shape index (κ3) is 3.04. The molecule has 1 saturated heterocycles. The molecule has 0 bridgehead atoms. The van der Waals surface area contributed by atoms with Crippen LogP contribution in [0.3, 0.4) is 0 Å². The quantitative estimate of drug-likeness (QED) is 0.766. The third-order valence-electron chi connectivity index (χ3n) is 6.32. The van der Waals surface area contributed by atoms with Crippen LogP contribution in [0.25, 0.3) is 0 Å². The number of hydrogen-bond donors (Lipinski definition) is 1. The summed E-state index contributed by atoms with van der Waals surface area (Å²) >= 11 is 0. The van der Waals surface area contributed by atoms with E-state index < -0.39 is 24.7 Å². The Labute approximate surface area is 173 Å². The minimum Gasteiger partial charge on any atom is -0.485 e. The zero-order valence-corrected chi connectivity index (χ0v) is 16.5. The Morgan fingerprint density at radius 3 is 2.57 bits per heavy atom. The van der Waals surface area contributed by atoms with Crippen molar-refractivity contribution in [2.75, 3.05) is 27.0 Å². The number of rotatable bonds is 5. The van der Waals surface area contributed by atoms with Gasteiger partial charge in [0.15, 0.2) is 0 Å². The predicted molar refractivity (Wildman–Crippen MR) is 106 cm³/mol. The normalized spacial score (nSPS) is 28.3. The largest absolute Gasteiger partial charge is 0.485 e. The zero-order valence-electron chi connectivity index (χ0n) is 16.5. The lowest BCUT2D eigenvalue weighted by Gasteiger charge is -2.16. The average Bonchev–Trinajstić information content (AvgIpc) is 3.14. The first-order valence-electron chi connectivity index (χ1n) is 10.0. The van der Waals surface area contributed by atoms with Crippen LogP contribution in [0.15, 0.2) is 42.5 Å². The second-order valence-electron chi connectivity index (χ2n) is 8.00. The van der Waals surface area contributed by atoms with E-state index in [0.29, 0.717) is 36.2 Å². The summed E-state index contributed by atoms with van der Waals surface area (Å²) in [6, 6.07) is 12.7. The maximum absolute atomic E-state index is 13.9. The molecule has 2 fully saturated rings. The van der Waals surface area contributed by atoms with Crippen molar-refractivity contribution >= 4 is 11.9 Å². The summed E-state index contributed by atoms with van der Waals surface area (Å²) in [5.74, 6) is -0.302. The molecule has 2 aromatic rings. The SMILES string of the molecule is COC(=O)c1cc(C(=O)NC2C3COCC32)cc2c1OC(CF)C2c1ccccc1. The highest BCUT2D eigenvalue weighted by Crippen LogP contribution is 2.46. The van der Waals surface area contributed by atoms with E-state index in [-0.39, 0.29) is 23.3 Å². The van der Waals surface area contributed by atoms with Crippen LogP contribution >= 0.6 is 0 Å². The fourth-order valence-electron chi connectivity index (χ4n) is 4.69. The first kappa shape index (κ1) is 19.1. The lowest BCUT2D eigenvalue weighted by atomic mass is 9.86. The van der Waals surface area contributed by atoms with Gasteiger partial charge >= 0.3 is 5.97 Å². The van der Waals surface area contributed by atoms with E-state index >= 15 is 0 Å². The lowest BCUT2D eigenvalue weighted by Crippen LogP contribution is -2.30. The Kier molecular flexibility index (Phi) is 4.70. The average molecular weight is 411 g/mol. The number of esters is 1. The number of halogens is 1. The number of nitrogens with one attached hydrogen (secondary N) is 1. The molecule has 0 radical (unpaired) electrons. The number of hydrogen-bond acceptors (Lipinski definition) is 5. The maximum atomic E-state index is 13.9. The van der Waals surface area contributed by atoms with Gasteiger partial charge in [0.25, 0.3) is 5.91 Å². The van der Waals surface area contributed by atoms with Crippen LogP contribution in [0.1, 0.15) is 37.8 Å². The molecule has 156 valence electrons. The van der Waals surface area contributed by atoms with Gasteiger partial charge in [-0.3, -0.25) is 4.79 Å². The molecule has 1 N–H and O–H groups in total. The standard InChI is InChI=1S/C23H22FNO5/c1-28-23(27)15-8-13(22(26)25-20-16-10-29-11-17(16)20)7-14-19(12-5-3-2-4-6-12)18(9-24)30-21(14)15/h2-8,16-20H,9-11H2,1H3,(H,25,26). The zero-order chi connectivity index (χ0) is 20.8. The number of ether oxygens (including phenoxy) is 3. The Morgan fingerprint density at radius 2 is 1.90 bits per heavy atom. The van der Waals surface area contributed by atoms with E-state index in [1.807, 2.05) is 30.3 Å². The van der Waals surface area contributed by atoms with Gasteiger partial charge in [-0.05, 0) is 17.7 Å². The fourth-order valence-corrected chi connectivity index (χ4v) is 4.69. The summed E-state index contributed by atoms with van der Waals surface area (Å²) in [5, 5.41) is 3.04. The van der Waals surface area contributed by atoms with E-state index in [9.17, 15) is 14.0 Å². The van der Waals surface area contributed by atoms with Gasteiger partial charge in [-0.25, -0.2) is 9.18 Å². The lowest BCUT2D eigenvalue weighted by molar-refractivity contribution is 0.0593. The number of carbonyl (C=O) groups excluding carboxylic acids is 2. The molecule has 6 nitrogen and oxygen atoms in total. The van der Waals surface area contributed by atoms with Gasteiger partial charge < -0.3 is 19.5 Å².